The van der Waals surface area contributed by atoms with Crippen LogP contribution in [0.15, 0.2) is 51.8 Å². The predicted molar refractivity (Wildman–Crippen MR) is 102 cm³/mol. The zero-order chi connectivity index (χ0) is 19.3. The van der Waals surface area contributed by atoms with E-state index in [1.54, 1.807) is 24.3 Å². The fourth-order valence-corrected chi connectivity index (χ4v) is 3.59. The van der Waals surface area contributed by atoms with E-state index in [1.165, 1.54) is 39.5 Å². The van der Waals surface area contributed by atoms with E-state index in [4.69, 9.17) is 9.47 Å². The molecule has 2 aromatic carbocycles. The van der Waals surface area contributed by atoms with Crippen LogP contribution in [0.3, 0.4) is 0 Å². The second-order valence-corrected chi connectivity index (χ2v) is 8.29. The lowest BCUT2D eigenvalue weighted by Gasteiger charge is -2.18. The number of carbonyl (C=O) groups excluding carboxylic acids is 1. The molecule has 0 aromatic heterocycles. The van der Waals surface area contributed by atoms with Crippen LogP contribution in [0.2, 0.25) is 0 Å². The van der Waals surface area contributed by atoms with Crippen LogP contribution in [0.4, 0.5) is 5.69 Å². The summed E-state index contributed by atoms with van der Waals surface area (Å²) in [6.07, 6.45) is 0. The van der Waals surface area contributed by atoms with Crippen LogP contribution >= 0.6 is 15.9 Å². The number of hydrogen-bond acceptors (Lipinski definition) is 5. The third kappa shape index (κ3) is 4.75. The first-order chi connectivity index (χ1) is 12.3. The van der Waals surface area contributed by atoms with E-state index in [0.29, 0.717) is 17.2 Å². The third-order valence-corrected chi connectivity index (χ3v) is 5.89. The van der Waals surface area contributed by atoms with Crippen molar-refractivity contribution >= 4 is 37.5 Å². The van der Waals surface area contributed by atoms with E-state index >= 15 is 0 Å². The maximum atomic E-state index is 12.7. The molecule has 0 heterocycles. The highest BCUT2D eigenvalue weighted by Crippen LogP contribution is 2.30. The Morgan fingerprint density at radius 3 is 2.27 bits per heavy atom. The summed E-state index contributed by atoms with van der Waals surface area (Å²) in [5.74, 6) is 0.266. The largest absolute Gasteiger partial charge is 0.493 e. The quantitative estimate of drug-likeness (QED) is 0.712. The smallest absolute Gasteiger partial charge is 0.243 e. The van der Waals surface area contributed by atoms with Crippen molar-refractivity contribution in [2.24, 2.45) is 0 Å². The molecule has 2 rings (SSSR count). The summed E-state index contributed by atoms with van der Waals surface area (Å²) in [6, 6.07) is 11.2. The normalized spacial score (nSPS) is 11.3. The van der Waals surface area contributed by atoms with E-state index in [1.807, 2.05) is 0 Å². The topological polar surface area (TPSA) is 84.9 Å². The van der Waals surface area contributed by atoms with Gasteiger partial charge in [0.1, 0.15) is 0 Å². The van der Waals surface area contributed by atoms with Gasteiger partial charge in [0.15, 0.2) is 11.5 Å². The Kier molecular flexibility index (Phi) is 6.63. The Morgan fingerprint density at radius 2 is 1.69 bits per heavy atom. The summed E-state index contributed by atoms with van der Waals surface area (Å²) in [4.78, 5) is 12.1. The van der Waals surface area contributed by atoms with Crippen LogP contribution in [0.5, 0.6) is 11.5 Å². The highest BCUT2D eigenvalue weighted by molar-refractivity contribution is 9.10. The molecule has 26 heavy (non-hydrogen) atoms. The summed E-state index contributed by atoms with van der Waals surface area (Å²) in [5.41, 5.74) is 0.579. The summed E-state index contributed by atoms with van der Waals surface area (Å²) in [6.45, 7) is -0.327. The second-order valence-electron chi connectivity index (χ2n) is 5.33. The van der Waals surface area contributed by atoms with Gasteiger partial charge in [0.05, 0.1) is 25.7 Å². The monoisotopic (exact) mass is 442 g/mol. The molecule has 0 unspecified atom stereocenters. The van der Waals surface area contributed by atoms with E-state index < -0.39 is 15.9 Å². The van der Waals surface area contributed by atoms with Gasteiger partial charge in [-0.3, -0.25) is 4.79 Å². The number of halogens is 1. The fourth-order valence-electron chi connectivity index (χ4n) is 2.18. The number of carbonyl (C=O) groups is 1. The van der Waals surface area contributed by atoms with Crippen LogP contribution in [-0.4, -0.2) is 46.4 Å². The highest BCUT2D eigenvalue weighted by Gasteiger charge is 2.24. The van der Waals surface area contributed by atoms with Gasteiger partial charge in [0.25, 0.3) is 0 Å². The van der Waals surface area contributed by atoms with Gasteiger partial charge in [-0.1, -0.05) is 15.9 Å². The van der Waals surface area contributed by atoms with Gasteiger partial charge in [-0.05, 0) is 36.4 Å². The van der Waals surface area contributed by atoms with Crippen molar-refractivity contribution < 1.29 is 22.7 Å². The molecule has 0 bridgehead atoms. The van der Waals surface area contributed by atoms with E-state index in [0.717, 1.165) is 8.78 Å². The molecule has 1 amide bonds. The van der Waals surface area contributed by atoms with Crippen LogP contribution in [0.1, 0.15) is 0 Å². The minimum Gasteiger partial charge on any atom is -0.493 e. The van der Waals surface area contributed by atoms with Crippen molar-refractivity contribution in [1.29, 1.82) is 0 Å². The molecular weight excluding hydrogens is 424 g/mol. The molecule has 0 atom stereocenters. The highest BCUT2D eigenvalue weighted by atomic mass is 79.9. The van der Waals surface area contributed by atoms with Gasteiger partial charge in [0, 0.05) is 23.3 Å². The Bertz CT molecular complexity index is 885. The summed E-state index contributed by atoms with van der Waals surface area (Å²) < 4.78 is 37.4. The maximum Gasteiger partial charge on any atom is 0.243 e. The lowest BCUT2D eigenvalue weighted by Crippen LogP contribution is -2.35. The van der Waals surface area contributed by atoms with Crippen molar-refractivity contribution in [2.75, 3.05) is 33.1 Å². The first kappa shape index (κ1) is 20.2. The number of rotatable bonds is 7. The number of nitrogens with one attached hydrogen (secondary N) is 1. The Balaban J connectivity index is 2.13. The molecule has 0 aliphatic carbocycles. The molecular formula is C17H19BrN2O5S. The molecule has 0 saturated carbocycles. The second kappa shape index (κ2) is 8.52. The van der Waals surface area contributed by atoms with E-state index in [9.17, 15) is 13.2 Å². The first-order valence-electron chi connectivity index (χ1n) is 7.51. The summed E-state index contributed by atoms with van der Waals surface area (Å²) in [5, 5.41) is 2.65. The lowest BCUT2D eigenvalue weighted by atomic mass is 10.3. The molecule has 0 spiro atoms. The number of anilines is 1. The van der Waals surface area contributed by atoms with Gasteiger partial charge in [-0.2, -0.15) is 4.31 Å². The molecule has 7 nitrogen and oxygen atoms in total. The van der Waals surface area contributed by atoms with Crippen molar-refractivity contribution in [3.05, 3.63) is 46.9 Å². The van der Waals surface area contributed by atoms with Gasteiger partial charge in [-0.15, -0.1) is 0 Å². The Labute approximate surface area is 161 Å². The maximum absolute atomic E-state index is 12.7. The number of hydrogen-bond donors (Lipinski definition) is 1. The minimum atomic E-state index is -3.86. The number of methoxy groups -OCH3 is 2. The van der Waals surface area contributed by atoms with Gasteiger partial charge < -0.3 is 14.8 Å². The predicted octanol–water partition coefficient (Wildman–Crippen LogP) is 2.73. The van der Waals surface area contributed by atoms with E-state index in [-0.39, 0.29) is 11.4 Å². The number of amides is 1. The van der Waals surface area contributed by atoms with Crippen molar-refractivity contribution in [3.8, 4) is 11.5 Å². The molecule has 2 aromatic rings. The van der Waals surface area contributed by atoms with Gasteiger partial charge >= 0.3 is 0 Å². The number of sulfonamides is 1. The minimum absolute atomic E-state index is 0.00842. The van der Waals surface area contributed by atoms with Crippen molar-refractivity contribution in [3.63, 3.8) is 0 Å². The summed E-state index contributed by atoms with van der Waals surface area (Å²) >= 11 is 3.31. The molecule has 9 heteroatoms. The third-order valence-electron chi connectivity index (χ3n) is 3.56. The number of nitrogens with zero attached hydrogens (tertiary/aromatic N) is 1. The van der Waals surface area contributed by atoms with Crippen LogP contribution < -0.4 is 14.8 Å². The molecule has 0 saturated heterocycles. The molecule has 0 fully saturated rings. The van der Waals surface area contributed by atoms with Crippen LogP contribution in [0.25, 0.3) is 0 Å². The SMILES string of the molecule is COc1ccc(S(=O)(=O)N(C)CC(=O)Nc2ccc(Br)cc2)cc1OC. The Hall–Kier alpha value is -2.10. The molecule has 0 aliphatic rings. The molecule has 0 aliphatic heterocycles. The zero-order valence-electron chi connectivity index (χ0n) is 14.5. The molecule has 0 radical (unpaired) electrons. The number of ether oxygens (including phenoxy) is 2. The average Bonchev–Trinajstić information content (AvgIpc) is 2.62. The van der Waals surface area contributed by atoms with Crippen LogP contribution in [-0.2, 0) is 14.8 Å². The average molecular weight is 443 g/mol. The number of likely N-dealkylation sites (N-methyl/N-ethyl adjacent to an activating group) is 1. The lowest BCUT2D eigenvalue weighted by molar-refractivity contribution is -0.116. The fraction of sp³-hybridized carbons (Fsp3) is 0.235. The molecule has 140 valence electrons. The first-order valence-corrected chi connectivity index (χ1v) is 9.75. The van der Waals surface area contributed by atoms with Gasteiger partial charge in [0.2, 0.25) is 15.9 Å². The van der Waals surface area contributed by atoms with Crippen molar-refractivity contribution in [1.82, 2.24) is 4.31 Å². The van der Waals surface area contributed by atoms with E-state index in [2.05, 4.69) is 21.2 Å². The van der Waals surface area contributed by atoms with Crippen LogP contribution in [0, 0.1) is 0 Å². The summed E-state index contributed by atoms with van der Waals surface area (Å²) in [7, 11) is 0.362. The number of benzene rings is 2. The zero-order valence-corrected chi connectivity index (χ0v) is 16.9. The van der Waals surface area contributed by atoms with Gasteiger partial charge in [-0.25, -0.2) is 8.42 Å². The van der Waals surface area contributed by atoms with Crippen molar-refractivity contribution in [2.45, 2.75) is 4.90 Å². The standard InChI is InChI=1S/C17H19BrN2O5S/c1-20(11-17(21)19-13-6-4-12(18)5-7-13)26(22,23)14-8-9-15(24-2)16(10-14)25-3/h4-10H,11H2,1-3H3,(H,19,21). The molecule has 1 N–H and O–H groups in total. The Morgan fingerprint density at radius 1 is 1.08 bits per heavy atom.